The molecule has 0 aromatic rings. The number of piperazine rings is 1. The number of amides is 1. The molecule has 0 radical (unpaired) electrons. The molecular weight excluding hydrogens is 246 g/mol. The zero-order chi connectivity index (χ0) is 14.0. The van der Waals surface area contributed by atoms with Crippen molar-refractivity contribution in [2.45, 2.75) is 31.2 Å². The first-order valence-corrected chi connectivity index (χ1v) is 6.92. The number of carbonyl (C=O) groups is 2. The third-order valence-electron chi connectivity index (χ3n) is 4.47. The molecule has 108 valence electrons. The van der Waals surface area contributed by atoms with Crippen molar-refractivity contribution in [1.82, 2.24) is 9.80 Å². The van der Waals surface area contributed by atoms with Crippen molar-refractivity contribution in [3.8, 4) is 0 Å². The van der Waals surface area contributed by atoms with E-state index in [1.165, 1.54) is 0 Å². The zero-order valence-corrected chi connectivity index (χ0v) is 11.5. The van der Waals surface area contributed by atoms with Crippen molar-refractivity contribution in [3.63, 3.8) is 0 Å². The highest BCUT2D eigenvalue weighted by atomic mass is 16.4. The molecule has 2 rings (SSSR count). The van der Waals surface area contributed by atoms with E-state index in [0.29, 0.717) is 25.7 Å². The van der Waals surface area contributed by atoms with Gasteiger partial charge >= 0.3 is 5.97 Å². The highest BCUT2D eigenvalue weighted by Gasteiger charge is 2.41. The van der Waals surface area contributed by atoms with Crippen LogP contribution in [-0.4, -0.2) is 65.5 Å². The van der Waals surface area contributed by atoms with Crippen LogP contribution >= 0.6 is 0 Å². The maximum atomic E-state index is 12.4. The van der Waals surface area contributed by atoms with Crippen LogP contribution in [0.1, 0.15) is 25.7 Å². The third-order valence-corrected chi connectivity index (χ3v) is 4.47. The molecule has 1 aliphatic carbocycles. The number of aliphatic carboxylic acids is 1. The van der Waals surface area contributed by atoms with Gasteiger partial charge in [-0.1, -0.05) is 0 Å². The highest BCUT2D eigenvalue weighted by molar-refractivity contribution is 5.81. The van der Waals surface area contributed by atoms with Gasteiger partial charge in [-0.05, 0) is 32.7 Å². The molecular formula is C13H23N3O3. The Bertz CT molecular complexity index is 356. The lowest BCUT2D eigenvalue weighted by Crippen LogP contribution is -2.53. The SMILES string of the molecule is CN1CCN(C(=O)C2CCC(N)(C(=O)O)CC2)CC1. The molecule has 3 N–H and O–H groups in total. The summed E-state index contributed by atoms with van der Waals surface area (Å²) in [5, 5.41) is 9.07. The number of carboxylic acids is 1. The van der Waals surface area contributed by atoms with Crippen molar-refractivity contribution >= 4 is 11.9 Å². The molecule has 1 amide bonds. The lowest BCUT2D eigenvalue weighted by molar-refractivity contribution is -0.147. The van der Waals surface area contributed by atoms with Gasteiger partial charge in [0.2, 0.25) is 5.91 Å². The van der Waals surface area contributed by atoms with E-state index in [-0.39, 0.29) is 11.8 Å². The topological polar surface area (TPSA) is 86.9 Å². The Morgan fingerprint density at radius 1 is 1.16 bits per heavy atom. The van der Waals surface area contributed by atoms with Crippen LogP contribution in [-0.2, 0) is 9.59 Å². The van der Waals surface area contributed by atoms with E-state index in [2.05, 4.69) is 11.9 Å². The number of nitrogens with two attached hydrogens (primary N) is 1. The number of nitrogens with zero attached hydrogens (tertiary/aromatic N) is 2. The maximum absolute atomic E-state index is 12.4. The standard InChI is InChI=1S/C13H23N3O3/c1-15-6-8-16(9-7-15)11(17)10-2-4-13(14,5-3-10)12(18)19/h10H,2-9,14H2,1H3,(H,18,19). The number of likely N-dealkylation sites (N-methyl/N-ethyl adjacent to an activating group) is 1. The van der Waals surface area contributed by atoms with E-state index < -0.39 is 11.5 Å². The van der Waals surface area contributed by atoms with E-state index >= 15 is 0 Å². The summed E-state index contributed by atoms with van der Waals surface area (Å²) in [5.41, 5.74) is 4.70. The Labute approximate surface area is 113 Å². The van der Waals surface area contributed by atoms with Gasteiger partial charge in [0.15, 0.2) is 0 Å². The molecule has 6 nitrogen and oxygen atoms in total. The van der Waals surface area contributed by atoms with Crippen molar-refractivity contribution in [2.24, 2.45) is 11.7 Å². The smallest absolute Gasteiger partial charge is 0.323 e. The van der Waals surface area contributed by atoms with Crippen LogP contribution in [0.4, 0.5) is 0 Å². The molecule has 2 aliphatic rings. The lowest BCUT2D eigenvalue weighted by Gasteiger charge is -2.38. The summed E-state index contributed by atoms with van der Waals surface area (Å²) in [6.07, 6.45) is 1.97. The van der Waals surface area contributed by atoms with E-state index in [4.69, 9.17) is 10.8 Å². The molecule has 2 fully saturated rings. The molecule has 1 aliphatic heterocycles. The quantitative estimate of drug-likeness (QED) is 0.721. The Balaban J connectivity index is 1.87. The molecule has 1 saturated carbocycles. The first-order valence-electron chi connectivity index (χ1n) is 6.92. The Hall–Kier alpha value is -1.14. The Morgan fingerprint density at radius 2 is 1.68 bits per heavy atom. The summed E-state index contributed by atoms with van der Waals surface area (Å²) in [6.45, 7) is 3.37. The lowest BCUT2D eigenvalue weighted by atomic mass is 9.76. The number of rotatable bonds is 2. The zero-order valence-electron chi connectivity index (χ0n) is 11.5. The van der Waals surface area contributed by atoms with Gasteiger partial charge < -0.3 is 20.6 Å². The highest BCUT2D eigenvalue weighted by Crippen LogP contribution is 2.32. The first kappa shape index (κ1) is 14.3. The average Bonchev–Trinajstić information content (AvgIpc) is 2.39. The summed E-state index contributed by atoms with van der Waals surface area (Å²) >= 11 is 0. The predicted octanol–water partition coefficient (Wildman–Crippen LogP) is -0.267. The number of carbonyl (C=O) groups excluding carboxylic acids is 1. The molecule has 1 heterocycles. The third kappa shape index (κ3) is 3.06. The van der Waals surface area contributed by atoms with Gasteiger partial charge in [-0.3, -0.25) is 9.59 Å². The van der Waals surface area contributed by atoms with Crippen molar-refractivity contribution in [2.75, 3.05) is 33.2 Å². The van der Waals surface area contributed by atoms with Crippen LogP contribution in [0.3, 0.4) is 0 Å². The van der Waals surface area contributed by atoms with Gasteiger partial charge in [-0.2, -0.15) is 0 Å². The average molecular weight is 269 g/mol. The van der Waals surface area contributed by atoms with Gasteiger partial charge in [0.1, 0.15) is 5.54 Å². The molecule has 0 unspecified atom stereocenters. The maximum Gasteiger partial charge on any atom is 0.323 e. The molecule has 19 heavy (non-hydrogen) atoms. The summed E-state index contributed by atoms with van der Waals surface area (Å²) in [4.78, 5) is 27.5. The van der Waals surface area contributed by atoms with Gasteiger partial charge in [0.25, 0.3) is 0 Å². The van der Waals surface area contributed by atoms with Crippen molar-refractivity contribution in [3.05, 3.63) is 0 Å². The van der Waals surface area contributed by atoms with Crippen LogP contribution in [0.15, 0.2) is 0 Å². The minimum Gasteiger partial charge on any atom is -0.480 e. The van der Waals surface area contributed by atoms with Crippen molar-refractivity contribution < 1.29 is 14.7 Å². The fourth-order valence-electron chi connectivity index (χ4n) is 2.88. The fourth-order valence-corrected chi connectivity index (χ4v) is 2.88. The van der Waals surface area contributed by atoms with Crippen LogP contribution in [0.25, 0.3) is 0 Å². The molecule has 0 bridgehead atoms. The van der Waals surface area contributed by atoms with Crippen LogP contribution < -0.4 is 5.73 Å². The molecule has 1 saturated heterocycles. The van der Waals surface area contributed by atoms with Gasteiger partial charge in [0, 0.05) is 32.1 Å². The van der Waals surface area contributed by atoms with Crippen LogP contribution in [0.2, 0.25) is 0 Å². The second-order valence-electron chi connectivity index (χ2n) is 5.86. The van der Waals surface area contributed by atoms with Crippen LogP contribution in [0, 0.1) is 5.92 Å². The molecule has 6 heteroatoms. The number of hydrogen-bond donors (Lipinski definition) is 2. The van der Waals surface area contributed by atoms with Crippen LogP contribution in [0.5, 0.6) is 0 Å². The summed E-state index contributed by atoms with van der Waals surface area (Å²) in [7, 11) is 2.05. The molecule has 0 aromatic heterocycles. The normalized spacial score (nSPS) is 33.2. The largest absolute Gasteiger partial charge is 0.480 e. The molecule has 0 spiro atoms. The minimum atomic E-state index is -1.13. The molecule has 0 aromatic carbocycles. The summed E-state index contributed by atoms with van der Waals surface area (Å²) in [5.74, 6) is -0.807. The Kier molecular flexibility index (Phi) is 4.10. The second kappa shape index (κ2) is 5.46. The monoisotopic (exact) mass is 269 g/mol. The Morgan fingerprint density at radius 3 is 2.16 bits per heavy atom. The van der Waals surface area contributed by atoms with Gasteiger partial charge in [0.05, 0.1) is 0 Å². The summed E-state index contributed by atoms with van der Waals surface area (Å²) < 4.78 is 0. The van der Waals surface area contributed by atoms with Gasteiger partial charge in [-0.25, -0.2) is 0 Å². The van der Waals surface area contributed by atoms with E-state index in [1.54, 1.807) is 0 Å². The fraction of sp³-hybridized carbons (Fsp3) is 0.846. The predicted molar refractivity (Wildman–Crippen MR) is 70.6 cm³/mol. The first-order chi connectivity index (χ1) is 8.92. The minimum absolute atomic E-state index is 0.0422. The van der Waals surface area contributed by atoms with E-state index in [0.717, 1.165) is 26.2 Å². The van der Waals surface area contributed by atoms with E-state index in [9.17, 15) is 9.59 Å². The second-order valence-corrected chi connectivity index (χ2v) is 5.86. The van der Waals surface area contributed by atoms with Crippen molar-refractivity contribution in [1.29, 1.82) is 0 Å². The van der Waals surface area contributed by atoms with E-state index in [1.807, 2.05) is 4.90 Å². The molecule has 0 atom stereocenters. The summed E-state index contributed by atoms with van der Waals surface area (Å²) in [6, 6.07) is 0. The number of carboxylic acid groups (broad SMARTS) is 1. The van der Waals surface area contributed by atoms with Gasteiger partial charge in [-0.15, -0.1) is 0 Å². The number of hydrogen-bond acceptors (Lipinski definition) is 4.